The van der Waals surface area contributed by atoms with E-state index in [1.165, 1.54) is 0 Å². The van der Waals surface area contributed by atoms with E-state index in [2.05, 4.69) is 5.32 Å². The highest BCUT2D eigenvalue weighted by molar-refractivity contribution is 6.31. The molecule has 0 aliphatic rings. The lowest BCUT2D eigenvalue weighted by Gasteiger charge is -2.31. The van der Waals surface area contributed by atoms with Crippen molar-refractivity contribution in [1.82, 2.24) is 10.2 Å². The summed E-state index contributed by atoms with van der Waals surface area (Å²) in [6, 6.07) is 16.5. The minimum atomic E-state index is -0.587. The highest BCUT2D eigenvalue weighted by Gasteiger charge is 2.29. The fourth-order valence-corrected chi connectivity index (χ4v) is 2.93. The molecule has 1 N–H and O–H groups in total. The molecule has 2 aromatic rings. The maximum absolute atomic E-state index is 12.6. The van der Waals surface area contributed by atoms with Crippen LogP contribution in [0, 0.1) is 0 Å². The van der Waals surface area contributed by atoms with Crippen molar-refractivity contribution in [2.75, 3.05) is 7.05 Å². The fraction of sp³-hybridized carbons (Fsp3) is 0.300. The van der Waals surface area contributed by atoms with E-state index in [9.17, 15) is 9.59 Å². The summed E-state index contributed by atoms with van der Waals surface area (Å²) < 4.78 is 0. The Morgan fingerprint density at radius 1 is 1.08 bits per heavy atom. The fourth-order valence-electron chi connectivity index (χ4n) is 2.73. The summed E-state index contributed by atoms with van der Waals surface area (Å²) in [7, 11) is 1.59. The third-order valence-corrected chi connectivity index (χ3v) is 4.49. The number of carbonyl (C=O) groups excluding carboxylic acids is 2. The summed E-state index contributed by atoms with van der Waals surface area (Å²) in [5.74, 6) is -0.262. The van der Waals surface area contributed by atoms with Crippen LogP contribution in [0.15, 0.2) is 54.6 Å². The van der Waals surface area contributed by atoms with E-state index in [1.807, 2.05) is 48.5 Å². The number of likely N-dealkylation sites (N-methyl/N-ethyl adjacent to an activating group) is 1. The van der Waals surface area contributed by atoms with Gasteiger partial charge in [0.05, 0.1) is 0 Å². The Labute approximate surface area is 153 Å². The van der Waals surface area contributed by atoms with Crippen molar-refractivity contribution in [2.24, 2.45) is 0 Å². The first-order valence-corrected chi connectivity index (χ1v) is 8.73. The van der Waals surface area contributed by atoms with Gasteiger partial charge in [0, 0.05) is 31.5 Å². The van der Waals surface area contributed by atoms with Crippen LogP contribution in [0.4, 0.5) is 0 Å². The van der Waals surface area contributed by atoms with Gasteiger partial charge in [-0.15, -0.1) is 0 Å². The molecular formula is C20H23ClN2O2. The quantitative estimate of drug-likeness (QED) is 0.824. The highest BCUT2D eigenvalue weighted by atomic mass is 35.5. The van der Waals surface area contributed by atoms with Crippen molar-refractivity contribution >= 4 is 23.4 Å². The van der Waals surface area contributed by atoms with Gasteiger partial charge in [0.25, 0.3) is 0 Å². The molecule has 0 saturated carbocycles. The topological polar surface area (TPSA) is 49.4 Å². The summed E-state index contributed by atoms with van der Waals surface area (Å²) in [5.41, 5.74) is 1.83. The molecule has 2 amide bonds. The van der Waals surface area contributed by atoms with Crippen LogP contribution in [-0.2, 0) is 22.6 Å². The molecular weight excluding hydrogens is 336 g/mol. The minimum absolute atomic E-state index is 0.0792. The maximum Gasteiger partial charge on any atom is 0.242 e. The zero-order valence-electron chi connectivity index (χ0n) is 14.5. The summed E-state index contributed by atoms with van der Waals surface area (Å²) in [6.07, 6.45) is 0.781. The molecule has 0 fully saturated rings. The normalized spacial score (nSPS) is 11.6. The largest absolute Gasteiger partial charge is 0.357 e. The van der Waals surface area contributed by atoms with Crippen LogP contribution >= 0.6 is 11.6 Å². The van der Waals surface area contributed by atoms with Gasteiger partial charge in [0.1, 0.15) is 6.04 Å². The molecule has 0 aliphatic heterocycles. The number of halogens is 1. The van der Waals surface area contributed by atoms with Gasteiger partial charge in [-0.2, -0.15) is 0 Å². The van der Waals surface area contributed by atoms with Gasteiger partial charge in [-0.1, -0.05) is 67.1 Å². The molecule has 0 unspecified atom stereocenters. The van der Waals surface area contributed by atoms with Gasteiger partial charge in [-0.05, 0) is 17.2 Å². The molecule has 0 spiro atoms. The van der Waals surface area contributed by atoms with Gasteiger partial charge in [0.15, 0.2) is 0 Å². The van der Waals surface area contributed by atoms with E-state index in [0.717, 1.165) is 11.1 Å². The Kier molecular flexibility index (Phi) is 7.02. The molecule has 2 rings (SSSR count). The molecule has 1 atom stereocenters. The van der Waals surface area contributed by atoms with Crippen molar-refractivity contribution in [3.05, 3.63) is 70.7 Å². The van der Waals surface area contributed by atoms with Gasteiger partial charge in [-0.3, -0.25) is 9.59 Å². The number of nitrogens with one attached hydrogen (secondary N) is 1. The SMILES string of the molecule is CCC(=O)N(Cc1ccccc1Cl)[C@H](Cc1ccccc1)C(=O)NC. The molecule has 0 radical (unpaired) electrons. The number of hydrogen-bond acceptors (Lipinski definition) is 2. The minimum Gasteiger partial charge on any atom is -0.357 e. The summed E-state index contributed by atoms with van der Waals surface area (Å²) in [6.45, 7) is 2.10. The zero-order chi connectivity index (χ0) is 18.2. The first kappa shape index (κ1) is 19.0. The van der Waals surface area contributed by atoms with Crippen LogP contribution in [0.5, 0.6) is 0 Å². The van der Waals surface area contributed by atoms with E-state index < -0.39 is 6.04 Å². The Bertz CT molecular complexity index is 719. The van der Waals surface area contributed by atoms with E-state index in [1.54, 1.807) is 24.9 Å². The molecule has 25 heavy (non-hydrogen) atoms. The summed E-state index contributed by atoms with van der Waals surface area (Å²) in [5, 5.41) is 3.27. The van der Waals surface area contributed by atoms with Crippen LogP contribution in [-0.4, -0.2) is 29.8 Å². The smallest absolute Gasteiger partial charge is 0.242 e. The molecule has 2 aromatic carbocycles. The lowest BCUT2D eigenvalue weighted by Crippen LogP contribution is -2.49. The van der Waals surface area contributed by atoms with Gasteiger partial charge >= 0.3 is 0 Å². The Morgan fingerprint density at radius 3 is 2.32 bits per heavy atom. The van der Waals surface area contributed by atoms with E-state index in [-0.39, 0.29) is 11.8 Å². The Morgan fingerprint density at radius 2 is 1.72 bits per heavy atom. The maximum atomic E-state index is 12.6. The molecule has 0 bridgehead atoms. The number of carbonyl (C=O) groups is 2. The van der Waals surface area contributed by atoms with Crippen LogP contribution in [0.3, 0.4) is 0 Å². The third-order valence-electron chi connectivity index (χ3n) is 4.12. The van der Waals surface area contributed by atoms with Gasteiger partial charge < -0.3 is 10.2 Å². The Balaban J connectivity index is 2.34. The van der Waals surface area contributed by atoms with Crippen LogP contribution in [0.2, 0.25) is 5.02 Å². The monoisotopic (exact) mass is 358 g/mol. The number of hydrogen-bond donors (Lipinski definition) is 1. The third kappa shape index (κ3) is 5.07. The van der Waals surface area contributed by atoms with Crippen LogP contribution < -0.4 is 5.32 Å². The van der Waals surface area contributed by atoms with Crippen molar-refractivity contribution < 1.29 is 9.59 Å². The van der Waals surface area contributed by atoms with Crippen molar-refractivity contribution in [1.29, 1.82) is 0 Å². The highest BCUT2D eigenvalue weighted by Crippen LogP contribution is 2.20. The molecule has 132 valence electrons. The molecule has 0 heterocycles. The summed E-state index contributed by atoms with van der Waals surface area (Å²) in [4.78, 5) is 26.7. The Hall–Kier alpha value is -2.33. The molecule has 5 heteroatoms. The van der Waals surface area contributed by atoms with Crippen LogP contribution in [0.25, 0.3) is 0 Å². The van der Waals surface area contributed by atoms with Crippen molar-refractivity contribution in [2.45, 2.75) is 32.4 Å². The van der Waals surface area contributed by atoms with E-state index >= 15 is 0 Å². The lowest BCUT2D eigenvalue weighted by atomic mass is 10.0. The number of rotatable bonds is 7. The molecule has 0 aliphatic carbocycles. The van der Waals surface area contributed by atoms with E-state index in [0.29, 0.717) is 24.4 Å². The molecule has 0 aromatic heterocycles. The van der Waals surface area contributed by atoms with Gasteiger partial charge in [0.2, 0.25) is 11.8 Å². The second-order valence-corrected chi connectivity index (χ2v) is 6.19. The average molecular weight is 359 g/mol. The lowest BCUT2D eigenvalue weighted by molar-refractivity contribution is -0.140. The van der Waals surface area contributed by atoms with Gasteiger partial charge in [-0.25, -0.2) is 0 Å². The van der Waals surface area contributed by atoms with Crippen molar-refractivity contribution in [3.8, 4) is 0 Å². The van der Waals surface area contributed by atoms with Crippen LogP contribution in [0.1, 0.15) is 24.5 Å². The van der Waals surface area contributed by atoms with E-state index in [4.69, 9.17) is 11.6 Å². The number of nitrogens with zero attached hydrogens (tertiary/aromatic N) is 1. The summed E-state index contributed by atoms with van der Waals surface area (Å²) >= 11 is 6.26. The first-order valence-electron chi connectivity index (χ1n) is 8.35. The second kappa shape index (κ2) is 9.23. The predicted octanol–water partition coefficient (Wildman–Crippen LogP) is 3.44. The zero-order valence-corrected chi connectivity index (χ0v) is 15.3. The number of amides is 2. The predicted molar refractivity (Wildman–Crippen MR) is 100 cm³/mol. The molecule has 4 nitrogen and oxygen atoms in total. The first-order chi connectivity index (χ1) is 12.1. The molecule has 0 saturated heterocycles. The standard InChI is InChI=1S/C20H23ClN2O2/c1-3-19(24)23(14-16-11-7-8-12-17(16)21)18(20(25)22-2)13-15-9-5-4-6-10-15/h4-12,18H,3,13-14H2,1-2H3,(H,22,25)/t18-/m1/s1. The second-order valence-electron chi connectivity index (χ2n) is 5.79. The van der Waals surface area contributed by atoms with Crippen molar-refractivity contribution in [3.63, 3.8) is 0 Å². The number of benzene rings is 2. The average Bonchev–Trinajstić information content (AvgIpc) is 2.65.